The summed E-state index contributed by atoms with van der Waals surface area (Å²) in [6.07, 6.45) is 1.65. The van der Waals surface area contributed by atoms with E-state index in [1.54, 1.807) is 54.6 Å². The molecule has 0 unspecified atom stereocenters. The second-order valence-electron chi connectivity index (χ2n) is 5.47. The summed E-state index contributed by atoms with van der Waals surface area (Å²) in [5.41, 5.74) is 7.50. The zero-order valence-electron chi connectivity index (χ0n) is 13.8. The Morgan fingerprint density at radius 3 is 2.31 bits per heavy atom. The third-order valence-electron chi connectivity index (χ3n) is 3.53. The van der Waals surface area contributed by atoms with Crippen molar-refractivity contribution in [2.45, 2.75) is 0 Å². The number of thiophene rings is 1. The van der Waals surface area contributed by atoms with Crippen molar-refractivity contribution in [3.63, 3.8) is 0 Å². The molecule has 1 heterocycles. The quantitative estimate of drug-likeness (QED) is 0.477. The van der Waals surface area contributed by atoms with E-state index in [1.807, 2.05) is 23.6 Å². The fraction of sp³-hybridized carbons (Fsp3) is 0. The van der Waals surface area contributed by atoms with Crippen LogP contribution in [0.2, 0.25) is 0 Å². The van der Waals surface area contributed by atoms with Crippen LogP contribution in [0.3, 0.4) is 0 Å². The van der Waals surface area contributed by atoms with Gasteiger partial charge in [0.15, 0.2) is 0 Å². The first kappa shape index (κ1) is 17.4. The predicted octanol–water partition coefficient (Wildman–Crippen LogP) is 3.74. The Morgan fingerprint density at radius 1 is 0.923 bits per heavy atom. The van der Waals surface area contributed by atoms with Crippen molar-refractivity contribution in [2.75, 3.05) is 11.1 Å². The van der Waals surface area contributed by atoms with Gasteiger partial charge in [0.1, 0.15) is 5.70 Å². The van der Waals surface area contributed by atoms with Gasteiger partial charge in [0, 0.05) is 21.8 Å². The highest BCUT2D eigenvalue weighted by molar-refractivity contribution is 7.10. The van der Waals surface area contributed by atoms with Crippen molar-refractivity contribution in [1.82, 2.24) is 5.32 Å². The highest BCUT2D eigenvalue weighted by Gasteiger charge is 2.15. The molecule has 0 bridgehead atoms. The van der Waals surface area contributed by atoms with Crippen molar-refractivity contribution in [1.29, 1.82) is 0 Å². The van der Waals surface area contributed by atoms with Crippen LogP contribution in [-0.4, -0.2) is 11.8 Å². The van der Waals surface area contributed by atoms with Gasteiger partial charge in [0.25, 0.3) is 11.8 Å². The van der Waals surface area contributed by atoms with E-state index in [1.165, 1.54) is 11.3 Å². The van der Waals surface area contributed by atoms with Gasteiger partial charge < -0.3 is 16.4 Å². The molecule has 6 heteroatoms. The Hall–Kier alpha value is -3.38. The van der Waals surface area contributed by atoms with Gasteiger partial charge in [0.2, 0.25) is 0 Å². The van der Waals surface area contributed by atoms with Crippen molar-refractivity contribution < 1.29 is 9.59 Å². The number of hydrogen-bond acceptors (Lipinski definition) is 4. The highest BCUT2D eigenvalue weighted by atomic mass is 32.1. The lowest BCUT2D eigenvalue weighted by molar-refractivity contribution is -0.113. The fourth-order valence-corrected chi connectivity index (χ4v) is 2.88. The van der Waals surface area contributed by atoms with Crippen LogP contribution in [0.4, 0.5) is 11.4 Å². The summed E-state index contributed by atoms with van der Waals surface area (Å²) in [5.74, 6) is -0.756. The minimum Gasteiger partial charge on any atom is -0.399 e. The standard InChI is InChI=1S/C20H17N3O2S/c21-15-8-10-16(11-9-15)22-20(25)18(13-17-7-4-12-26-17)23-19(24)14-5-2-1-3-6-14/h1-13H,21H2,(H,22,25)(H,23,24)/b18-13-. The van der Waals surface area contributed by atoms with E-state index in [4.69, 9.17) is 5.73 Å². The topological polar surface area (TPSA) is 84.2 Å². The molecule has 3 aromatic rings. The number of carbonyl (C=O) groups excluding carboxylic acids is 2. The minimum atomic E-state index is -0.410. The molecule has 0 aliphatic heterocycles. The molecule has 0 spiro atoms. The SMILES string of the molecule is Nc1ccc(NC(=O)/C(=C/c2cccs2)NC(=O)c2ccccc2)cc1. The van der Waals surface area contributed by atoms with E-state index in [2.05, 4.69) is 10.6 Å². The van der Waals surface area contributed by atoms with E-state index in [0.717, 1.165) is 4.88 Å². The van der Waals surface area contributed by atoms with Gasteiger partial charge in [-0.2, -0.15) is 0 Å². The van der Waals surface area contributed by atoms with Crippen LogP contribution in [0.25, 0.3) is 6.08 Å². The van der Waals surface area contributed by atoms with E-state index in [0.29, 0.717) is 16.9 Å². The molecule has 0 saturated heterocycles. The average Bonchev–Trinajstić information content (AvgIpc) is 3.17. The number of hydrogen-bond donors (Lipinski definition) is 3. The normalized spacial score (nSPS) is 11.0. The van der Waals surface area contributed by atoms with Crippen molar-refractivity contribution in [3.8, 4) is 0 Å². The van der Waals surface area contributed by atoms with Crippen molar-refractivity contribution >= 4 is 40.6 Å². The molecular formula is C20H17N3O2S. The molecule has 0 saturated carbocycles. The number of benzene rings is 2. The third-order valence-corrected chi connectivity index (χ3v) is 4.35. The van der Waals surface area contributed by atoms with Gasteiger partial charge in [-0.1, -0.05) is 24.3 Å². The van der Waals surface area contributed by atoms with Gasteiger partial charge in [-0.05, 0) is 53.9 Å². The summed E-state index contributed by atoms with van der Waals surface area (Å²) < 4.78 is 0. The molecular weight excluding hydrogens is 346 g/mol. The first-order valence-electron chi connectivity index (χ1n) is 7.90. The maximum atomic E-state index is 12.7. The zero-order valence-corrected chi connectivity index (χ0v) is 14.6. The Labute approximate surface area is 155 Å². The van der Waals surface area contributed by atoms with E-state index >= 15 is 0 Å². The van der Waals surface area contributed by atoms with Crippen LogP contribution in [0.15, 0.2) is 77.8 Å². The van der Waals surface area contributed by atoms with Crippen LogP contribution in [0.5, 0.6) is 0 Å². The first-order chi connectivity index (χ1) is 12.6. The number of nitrogens with two attached hydrogens (primary N) is 1. The summed E-state index contributed by atoms with van der Waals surface area (Å²) in [6, 6.07) is 19.3. The molecule has 3 rings (SSSR count). The molecule has 130 valence electrons. The lowest BCUT2D eigenvalue weighted by atomic mass is 10.2. The Balaban J connectivity index is 1.82. The maximum Gasteiger partial charge on any atom is 0.272 e. The molecule has 0 aliphatic carbocycles. The van der Waals surface area contributed by atoms with E-state index < -0.39 is 5.91 Å². The molecule has 5 nitrogen and oxygen atoms in total. The number of anilines is 2. The highest BCUT2D eigenvalue weighted by Crippen LogP contribution is 2.15. The smallest absolute Gasteiger partial charge is 0.272 e. The minimum absolute atomic E-state index is 0.165. The number of rotatable bonds is 5. The van der Waals surface area contributed by atoms with Gasteiger partial charge in [0.05, 0.1) is 0 Å². The molecule has 2 aromatic carbocycles. The van der Waals surface area contributed by atoms with Crippen LogP contribution >= 0.6 is 11.3 Å². The average molecular weight is 363 g/mol. The summed E-state index contributed by atoms with van der Waals surface area (Å²) >= 11 is 1.48. The lowest BCUT2D eigenvalue weighted by Gasteiger charge is -2.11. The van der Waals surface area contributed by atoms with Gasteiger partial charge in [-0.15, -0.1) is 11.3 Å². The summed E-state index contributed by atoms with van der Waals surface area (Å²) in [4.78, 5) is 26.0. The van der Waals surface area contributed by atoms with E-state index in [-0.39, 0.29) is 11.6 Å². The molecule has 4 N–H and O–H groups in total. The second kappa shape index (κ2) is 8.13. The number of carbonyl (C=O) groups is 2. The van der Waals surface area contributed by atoms with Crippen LogP contribution in [0, 0.1) is 0 Å². The van der Waals surface area contributed by atoms with E-state index in [9.17, 15) is 9.59 Å². The van der Waals surface area contributed by atoms with Crippen molar-refractivity contribution in [2.24, 2.45) is 0 Å². The number of amides is 2. The summed E-state index contributed by atoms with van der Waals surface area (Å²) in [7, 11) is 0. The lowest BCUT2D eigenvalue weighted by Crippen LogP contribution is -2.30. The Morgan fingerprint density at radius 2 is 1.65 bits per heavy atom. The van der Waals surface area contributed by atoms with Crippen LogP contribution < -0.4 is 16.4 Å². The predicted molar refractivity (Wildman–Crippen MR) is 106 cm³/mol. The van der Waals surface area contributed by atoms with Crippen LogP contribution in [0.1, 0.15) is 15.2 Å². The second-order valence-corrected chi connectivity index (χ2v) is 6.45. The molecule has 0 fully saturated rings. The number of nitrogen functional groups attached to an aromatic ring is 1. The molecule has 0 aliphatic rings. The zero-order chi connectivity index (χ0) is 18.4. The first-order valence-corrected chi connectivity index (χ1v) is 8.78. The monoisotopic (exact) mass is 363 g/mol. The van der Waals surface area contributed by atoms with Gasteiger partial charge in [-0.3, -0.25) is 9.59 Å². The van der Waals surface area contributed by atoms with Crippen molar-refractivity contribution in [3.05, 3.63) is 88.2 Å². The largest absolute Gasteiger partial charge is 0.399 e. The number of nitrogens with one attached hydrogen (secondary N) is 2. The Kier molecular flexibility index (Phi) is 5.46. The molecule has 0 atom stereocenters. The molecule has 26 heavy (non-hydrogen) atoms. The summed E-state index contributed by atoms with van der Waals surface area (Å²) in [6.45, 7) is 0. The van der Waals surface area contributed by atoms with Gasteiger partial charge >= 0.3 is 0 Å². The van der Waals surface area contributed by atoms with Gasteiger partial charge in [-0.25, -0.2) is 0 Å². The summed E-state index contributed by atoms with van der Waals surface area (Å²) in [5, 5.41) is 7.36. The molecule has 2 amide bonds. The molecule has 0 radical (unpaired) electrons. The third kappa shape index (κ3) is 4.58. The maximum absolute atomic E-state index is 12.7. The Bertz CT molecular complexity index is 917. The fourth-order valence-electron chi connectivity index (χ4n) is 2.22. The van der Waals surface area contributed by atoms with Crippen LogP contribution in [-0.2, 0) is 4.79 Å². The molecule has 1 aromatic heterocycles.